The van der Waals surface area contributed by atoms with Crippen molar-refractivity contribution < 1.29 is 19.1 Å². The van der Waals surface area contributed by atoms with Crippen LogP contribution in [0.2, 0.25) is 10.0 Å². The number of esters is 1. The summed E-state index contributed by atoms with van der Waals surface area (Å²) in [6.45, 7) is -0.271. The van der Waals surface area contributed by atoms with Gasteiger partial charge in [-0.3, -0.25) is 4.79 Å². The molecule has 0 N–H and O–H groups in total. The predicted octanol–water partition coefficient (Wildman–Crippen LogP) is 4.14. The number of fused-ring (bicyclic) bond motifs is 1. The van der Waals surface area contributed by atoms with Crippen LogP contribution < -0.4 is 4.74 Å². The molecule has 4 nitrogen and oxygen atoms in total. The number of carbonyl (C=O) groups excluding carboxylic acids is 2. The third-order valence-electron chi connectivity index (χ3n) is 4.24. The molecule has 0 radical (unpaired) electrons. The van der Waals surface area contributed by atoms with Gasteiger partial charge in [-0.25, -0.2) is 4.79 Å². The lowest BCUT2D eigenvalue weighted by Crippen LogP contribution is -2.13. The van der Waals surface area contributed by atoms with Crippen LogP contribution in [0.3, 0.4) is 0 Å². The fraction of sp³-hybridized carbons (Fsp3) is 0.263. The van der Waals surface area contributed by atoms with E-state index in [1.807, 2.05) is 30.3 Å². The summed E-state index contributed by atoms with van der Waals surface area (Å²) >= 11 is 12.5. The van der Waals surface area contributed by atoms with E-state index in [1.54, 1.807) is 6.07 Å². The minimum Gasteiger partial charge on any atom is -0.480 e. The lowest BCUT2D eigenvalue weighted by atomic mass is 9.96. The van der Waals surface area contributed by atoms with E-state index >= 15 is 0 Å². The summed E-state index contributed by atoms with van der Waals surface area (Å²) in [7, 11) is 1.27. The van der Waals surface area contributed by atoms with Gasteiger partial charge in [0, 0.05) is 11.5 Å². The quantitative estimate of drug-likeness (QED) is 0.733. The van der Waals surface area contributed by atoms with E-state index < -0.39 is 5.97 Å². The monoisotopic (exact) mass is 378 g/mol. The molecule has 0 aromatic heterocycles. The zero-order valence-corrected chi connectivity index (χ0v) is 15.1. The maximum absolute atomic E-state index is 12.7. The van der Waals surface area contributed by atoms with Gasteiger partial charge in [0.15, 0.2) is 12.4 Å². The third kappa shape index (κ3) is 3.65. The van der Waals surface area contributed by atoms with Crippen LogP contribution in [-0.2, 0) is 22.4 Å². The highest BCUT2D eigenvalue weighted by molar-refractivity contribution is 6.45. The zero-order chi connectivity index (χ0) is 18.0. The van der Waals surface area contributed by atoms with Gasteiger partial charge in [0.05, 0.1) is 12.1 Å². The molecule has 0 heterocycles. The molecule has 1 unspecified atom stereocenters. The molecule has 2 aromatic carbocycles. The molecule has 1 atom stereocenters. The number of hydrogen-bond donors (Lipinski definition) is 0. The Kier molecular flexibility index (Phi) is 5.30. The third-order valence-corrected chi connectivity index (χ3v) is 5.09. The van der Waals surface area contributed by atoms with Gasteiger partial charge in [0.2, 0.25) is 0 Å². The Morgan fingerprint density at radius 3 is 2.60 bits per heavy atom. The molecule has 1 aliphatic rings. The van der Waals surface area contributed by atoms with Crippen LogP contribution in [0.1, 0.15) is 21.5 Å². The molecule has 0 saturated carbocycles. The summed E-state index contributed by atoms with van der Waals surface area (Å²) in [4.78, 5) is 24.0. The van der Waals surface area contributed by atoms with Gasteiger partial charge in [-0.15, -0.1) is 0 Å². The molecule has 0 bridgehead atoms. The van der Waals surface area contributed by atoms with E-state index in [1.165, 1.54) is 7.11 Å². The van der Waals surface area contributed by atoms with Crippen LogP contribution in [-0.4, -0.2) is 25.5 Å². The second-order valence-corrected chi connectivity index (χ2v) is 6.61. The lowest BCUT2D eigenvalue weighted by molar-refractivity contribution is -0.142. The first kappa shape index (κ1) is 17.8. The highest BCUT2D eigenvalue weighted by atomic mass is 35.5. The molecule has 3 rings (SSSR count). The van der Waals surface area contributed by atoms with Crippen molar-refractivity contribution in [2.75, 3.05) is 13.7 Å². The van der Waals surface area contributed by atoms with Gasteiger partial charge >= 0.3 is 5.97 Å². The van der Waals surface area contributed by atoms with Gasteiger partial charge in [-0.1, -0.05) is 53.5 Å². The summed E-state index contributed by atoms with van der Waals surface area (Å²) in [5.41, 5.74) is 2.34. The fourth-order valence-electron chi connectivity index (χ4n) is 3.01. The van der Waals surface area contributed by atoms with Gasteiger partial charge in [0.1, 0.15) is 10.8 Å². The average molecular weight is 379 g/mol. The van der Waals surface area contributed by atoms with Crippen LogP contribution in [0.4, 0.5) is 0 Å². The topological polar surface area (TPSA) is 52.6 Å². The van der Waals surface area contributed by atoms with Crippen molar-refractivity contribution in [3.05, 3.63) is 63.1 Å². The summed E-state index contributed by atoms with van der Waals surface area (Å²) in [5, 5.41) is 0.317. The van der Waals surface area contributed by atoms with Crippen molar-refractivity contribution in [3.63, 3.8) is 0 Å². The number of ether oxygens (including phenoxy) is 2. The molecule has 25 heavy (non-hydrogen) atoms. The van der Waals surface area contributed by atoms with Crippen LogP contribution in [0.25, 0.3) is 0 Å². The Morgan fingerprint density at radius 2 is 1.92 bits per heavy atom. The SMILES string of the molecule is COC(=O)COc1cc2c(c(Cl)c1Cl)C(=O)C(Cc1ccccc1)C2. The Bertz CT molecular complexity index is 818. The smallest absolute Gasteiger partial charge is 0.343 e. The average Bonchev–Trinajstić information content (AvgIpc) is 2.93. The van der Waals surface area contributed by atoms with Crippen molar-refractivity contribution in [1.82, 2.24) is 0 Å². The van der Waals surface area contributed by atoms with E-state index in [2.05, 4.69) is 4.74 Å². The van der Waals surface area contributed by atoms with Crippen molar-refractivity contribution in [2.24, 2.45) is 5.92 Å². The Hall–Kier alpha value is -2.04. The fourth-order valence-corrected chi connectivity index (χ4v) is 3.52. The maximum atomic E-state index is 12.7. The number of hydrogen-bond acceptors (Lipinski definition) is 4. The van der Waals surface area contributed by atoms with Crippen molar-refractivity contribution in [2.45, 2.75) is 12.8 Å². The predicted molar refractivity (Wildman–Crippen MR) is 95.6 cm³/mol. The van der Waals surface area contributed by atoms with Crippen LogP contribution in [0.5, 0.6) is 5.75 Å². The maximum Gasteiger partial charge on any atom is 0.343 e. The number of methoxy groups -OCH3 is 1. The molecule has 2 aromatic rings. The summed E-state index contributed by atoms with van der Waals surface area (Å²) in [5.74, 6) is -0.429. The summed E-state index contributed by atoms with van der Waals surface area (Å²) in [6.07, 6.45) is 1.20. The van der Waals surface area contributed by atoms with E-state index in [-0.39, 0.29) is 34.1 Å². The normalized spacial score (nSPS) is 15.8. The van der Waals surface area contributed by atoms with Crippen LogP contribution >= 0.6 is 23.2 Å². The van der Waals surface area contributed by atoms with E-state index in [0.717, 1.165) is 11.1 Å². The minimum absolute atomic E-state index is 0.00901. The number of carbonyl (C=O) groups is 2. The molecule has 6 heteroatoms. The molecule has 130 valence electrons. The molecule has 0 aliphatic heterocycles. The largest absolute Gasteiger partial charge is 0.480 e. The first-order chi connectivity index (χ1) is 12.0. The Morgan fingerprint density at radius 1 is 1.20 bits per heavy atom. The Labute approximate surface area is 155 Å². The highest BCUT2D eigenvalue weighted by Crippen LogP contribution is 2.42. The second kappa shape index (κ2) is 7.46. The molecular weight excluding hydrogens is 363 g/mol. The Balaban J connectivity index is 1.84. The molecule has 0 amide bonds. The molecule has 1 aliphatic carbocycles. The van der Waals surface area contributed by atoms with E-state index in [4.69, 9.17) is 27.9 Å². The van der Waals surface area contributed by atoms with Gasteiger partial charge in [-0.2, -0.15) is 0 Å². The van der Waals surface area contributed by atoms with Gasteiger partial charge in [0.25, 0.3) is 0 Å². The van der Waals surface area contributed by atoms with E-state index in [9.17, 15) is 9.59 Å². The zero-order valence-electron chi connectivity index (χ0n) is 13.6. The van der Waals surface area contributed by atoms with Gasteiger partial charge < -0.3 is 9.47 Å². The van der Waals surface area contributed by atoms with Crippen molar-refractivity contribution >= 4 is 35.0 Å². The number of halogens is 2. The minimum atomic E-state index is -0.522. The van der Waals surface area contributed by atoms with Crippen LogP contribution in [0.15, 0.2) is 36.4 Å². The van der Waals surface area contributed by atoms with Crippen molar-refractivity contribution in [3.8, 4) is 5.75 Å². The highest BCUT2D eigenvalue weighted by Gasteiger charge is 2.34. The van der Waals surface area contributed by atoms with Crippen LogP contribution in [0, 0.1) is 5.92 Å². The number of benzene rings is 2. The summed E-state index contributed by atoms with van der Waals surface area (Å²) < 4.78 is 9.92. The molecule has 0 fully saturated rings. The first-order valence-electron chi connectivity index (χ1n) is 7.80. The number of ketones is 1. The molecular formula is C19H16Cl2O4. The number of rotatable bonds is 5. The lowest BCUT2D eigenvalue weighted by Gasteiger charge is -2.11. The number of Topliss-reactive ketones (excluding diaryl/α,β-unsaturated/α-hetero) is 1. The second-order valence-electron chi connectivity index (χ2n) is 5.86. The van der Waals surface area contributed by atoms with Gasteiger partial charge in [-0.05, 0) is 30.0 Å². The molecule has 0 saturated heterocycles. The van der Waals surface area contributed by atoms with Crippen molar-refractivity contribution in [1.29, 1.82) is 0 Å². The standard InChI is InChI=1S/C19H16Cl2O4/c1-24-15(22)10-25-14-9-12-8-13(7-11-5-3-2-4-6-11)19(23)16(12)18(21)17(14)20/h2-6,9,13H,7-8,10H2,1H3. The van der Waals surface area contributed by atoms with E-state index in [0.29, 0.717) is 18.4 Å². The summed E-state index contributed by atoms with van der Waals surface area (Å²) in [6, 6.07) is 11.5. The first-order valence-corrected chi connectivity index (χ1v) is 8.55. The molecule has 0 spiro atoms.